The number of nitrogens with two attached hydrogens (primary N) is 1. The van der Waals surface area contributed by atoms with Crippen molar-refractivity contribution in [2.75, 3.05) is 0 Å². The van der Waals surface area contributed by atoms with Crippen LogP contribution in [0.25, 0.3) is 10.9 Å². The second-order valence-corrected chi connectivity index (χ2v) is 3.20. The van der Waals surface area contributed by atoms with Gasteiger partial charge in [-0.25, -0.2) is 0 Å². The fraction of sp³-hybridized carbons (Fsp3) is 0.273. The standard InChI is InChI=1S/C11H14N2/c1-2-9-8(7-12)3-4-11-10(9)5-6-13-11/h3-6,13H,2,7,12H2,1H3. The average molecular weight is 174 g/mol. The Morgan fingerprint density at radius 2 is 2.15 bits per heavy atom. The molecular formula is C11H14N2. The number of rotatable bonds is 2. The first-order chi connectivity index (χ1) is 6.36. The second kappa shape index (κ2) is 3.23. The van der Waals surface area contributed by atoms with E-state index < -0.39 is 0 Å². The maximum absolute atomic E-state index is 5.68. The summed E-state index contributed by atoms with van der Waals surface area (Å²) in [6, 6.07) is 6.32. The van der Waals surface area contributed by atoms with Gasteiger partial charge in [0.15, 0.2) is 0 Å². The Morgan fingerprint density at radius 1 is 1.31 bits per heavy atom. The Hall–Kier alpha value is -1.28. The first-order valence-electron chi connectivity index (χ1n) is 4.64. The Bertz CT molecular complexity index is 415. The summed E-state index contributed by atoms with van der Waals surface area (Å²) in [4.78, 5) is 3.20. The Labute approximate surface area is 77.8 Å². The molecule has 2 rings (SSSR count). The molecule has 1 heterocycles. The fourth-order valence-corrected chi connectivity index (χ4v) is 1.85. The van der Waals surface area contributed by atoms with E-state index in [1.165, 1.54) is 22.0 Å². The smallest absolute Gasteiger partial charge is 0.0456 e. The highest BCUT2D eigenvalue weighted by atomic mass is 14.7. The summed E-state index contributed by atoms with van der Waals surface area (Å²) >= 11 is 0. The molecule has 0 amide bonds. The van der Waals surface area contributed by atoms with Gasteiger partial charge in [0.1, 0.15) is 0 Å². The van der Waals surface area contributed by atoms with Gasteiger partial charge in [-0.1, -0.05) is 13.0 Å². The van der Waals surface area contributed by atoms with E-state index in [0.717, 1.165) is 6.42 Å². The van der Waals surface area contributed by atoms with Crippen molar-refractivity contribution in [3.8, 4) is 0 Å². The number of aryl methyl sites for hydroxylation is 1. The molecule has 2 aromatic rings. The van der Waals surface area contributed by atoms with Crippen LogP contribution in [0.1, 0.15) is 18.1 Å². The van der Waals surface area contributed by atoms with Crippen molar-refractivity contribution in [1.29, 1.82) is 0 Å². The van der Waals surface area contributed by atoms with E-state index in [2.05, 4.69) is 30.1 Å². The van der Waals surface area contributed by atoms with Crippen LogP contribution in [0.2, 0.25) is 0 Å². The largest absolute Gasteiger partial charge is 0.361 e. The van der Waals surface area contributed by atoms with Crippen molar-refractivity contribution in [3.63, 3.8) is 0 Å². The predicted octanol–water partition coefficient (Wildman–Crippen LogP) is 2.19. The minimum Gasteiger partial charge on any atom is -0.361 e. The van der Waals surface area contributed by atoms with E-state index >= 15 is 0 Å². The van der Waals surface area contributed by atoms with Crippen LogP contribution in [-0.2, 0) is 13.0 Å². The molecule has 0 spiro atoms. The van der Waals surface area contributed by atoms with Crippen molar-refractivity contribution < 1.29 is 0 Å². The van der Waals surface area contributed by atoms with Crippen LogP contribution >= 0.6 is 0 Å². The van der Waals surface area contributed by atoms with Gasteiger partial charge in [-0.15, -0.1) is 0 Å². The number of fused-ring (bicyclic) bond motifs is 1. The minimum absolute atomic E-state index is 0.629. The molecule has 2 heteroatoms. The number of H-pyrrole nitrogens is 1. The van der Waals surface area contributed by atoms with Gasteiger partial charge in [0.2, 0.25) is 0 Å². The van der Waals surface area contributed by atoms with E-state index in [9.17, 15) is 0 Å². The molecule has 13 heavy (non-hydrogen) atoms. The molecular weight excluding hydrogens is 160 g/mol. The number of aromatic amines is 1. The number of aromatic nitrogens is 1. The van der Waals surface area contributed by atoms with E-state index in [1.807, 2.05) is 6.20 Å². The van der Waals surface area contributed by atoms with Gasteiger partial charge in [0.05, 0.1) is 0 Å². The molecule has 2 nitrogen and oxygen atoms in total. The SMILES string of the molecule is CCc1c(CN)ccc2[nH]ccc12. The summed E-state index contributed by atoms with van der Waals surface area (Å²) in [6.45, 7) is 2.80. The third kappa shape index (κ3) is 1.23. The molecule has 1 aromatic heterocycles. The van der Waals surface area contributed by atoms with Crippen molar-refractivity contribution in [3.05, 3.63) is 35.5 Å². The van der Waals surface area contributed by atoms with Crippen LogP contribution in [0.4, 0.5) is 0 Å². The van der Waals surface area contributed by atoms with Crippen LogP contribution in [0.3, 0.4) is 0 Å². The lowest BCUT2D eigenvalue weighted by Gasteiger charge is -2.06. The van der Waals surface area contributed by atoms with Crippen molar-refractivity contribution in [2.45, 2.75) is 19.9 Å². The minimum atomic E-state index is 0.629. The molecule has 1 aromatic carbocycles. The summed E-state index contributed by atoms with van der Waals surface area (Å²) in [7, 11) is 0. The van der Waals surface area contributed by atoms with Gasteiger partial charge in [-0.05, 0) is 29.7 Å². The maximum atomic E-state index is 5.68. The lowest BCUT2D eigenvalue weighted by atomic mass is 10.0. The summed E-state index contributed by atoms with van der Waals surface area (Å²) in [5.41, 5.74) is 9.51. The lowest BCUT2D eigenvalue weighted by Crippen LogP contribution is -2.00. The van der Waals surface area contributed by atoms with Gasteiger partial charge in [-0.2, -0.15) is 0 Å². The third-order valence-electron chi connectivity index (χ3n) is 2.52. The molecule has 0 aliphatic carbocycles. The topological polar surface area (TPSA) is 41.8 Å². The number of hydrogen-bond acceptors (Lipinski definition) is 1. The molecule has 0 bridgehead atoms. The highest BCUT2D eigenvalue weighted by molar-refractivity contribution is 5.84. The van der Waals surface area contributed by atoms with Gasteiger partial charge >= 0.3 is 0 Å². The molecule has 0 atom stereocenters. The van der Waals surface area contributed by atoms with Crippen LogP contribution in [-0.4, -0.2) is 4.98 Å². The van der Waals surface area contributed by atoms with Gasteiger partial charge in [0.25, 0.3) is 0 Å². The summed E-state index contributed by atoms with van der Waals surface area (Å²) < 4.78 is 0. The van der Waals surface area contributed by atoms with Crippen LogP contribution in [0.15, 0.2) is 24.4 Å². The molecule has 0 aliphatic heterocycles. The molecule has 0 saturated heterocycles. The van der Waals surface area contributed by atoms with E-state index in [0.29, 0.717) is 6.54 Å². The van der Waals surface area contributed by atoms with E-state index in [4.69, 9.17) is 5.73 Å². The maximum Gasteiger partial charge on any atom is 0.0456 e. The first-order valence-corrected chi connectivity index (χ1v) is 4.64. The monoisotopic (exact) mass is 174 g/mol. The van der Waals surface area contributed by atoms with Gasteiger partial charge in [-0.3, -0.25) is 0 Å². The number of benzene rings is 1. The third-order valence-corrected chi connectivity index (χ3v) is 2.52. The van der Waals surface area contributed by atoms with Gasteiger partial charge in [0, 0.05) is 23.6 Å². The zero-order chi connectivity index (χ0) is 9.26. The van der Waals surface area contributed by atoms with Gasteiger partial charge < -0.3 is 10.7 Å². The number of nitrogens with one attached hydrogen (secondary N) is 1. The normalized spacial score (nSPS) is 10.9. The molecule has 0 radical (unpaired) electrons. The average Bonchev–Trinajstić information content (AvgIpc) is 2.63. The fourth-order valence-electron chi connectivity index (χ4n) is 1.85. The second-order valence-electron chi connectivity index (χ2n) is 3.20. The molecule has 3 N–H and O–H groups in total. The summed E-state index contributed by atoms with van der Waals surface area (Å²) in [5.74, 6) is 0. The quantitative estimate of drug-likeness (QED) is 0.720. The Kier molecular flexibility index (Phi) is 2.07. The van der Waals surface area contributed by atoms with Crippen molar-refractivity contribution in [2.24, 2.45) is 5.73 Å². The molecule has 0 fully saturated rings. The molecule has 68 valence electrons. The highest BCUT2D eigenvalue weighted by Crippen LogP contribution is 2.21. The van der Waals surface area contributed by atoms with E-state index in [-0.39, 0.29) is 0 Å². The first kappa shape index (κ1) is 8.32. The predicted molar refractivity (Wildman–Crippen MR) is 55.6 cm³/mol. The van der Waals surface area contributed by atoms with Crippen molar-refractivity contribution >= 4 is 10.9 Å². The van der Waals surface area contributed by atoms with Crippen LogP contribution < -0.4 is 5.73 Å². The lowest BCUT2D eigenvalue weighted by molar-refractivity contribution is 1.01. The highest BCUT2D eigenvalue weighted by Gasteiger charge is 2.04. The number of hydrogen-bond donors (Lipinski definition) is 2. The molecule has 0 aliphatic rings. The van der Waals surface area contributed by atoms with Crippen molar-refractivity contribution in [1.82, 2.24) is 4.98 Å². The van der Waals surface area contributed by atoms with Crippen LogP contribution in [0, 0.1) is 0 Å². The summed E-state index contributed by atoms with van der Waals surface area (Å²) in [5, 5.41) is 1.31. The zero-order valence-corrected chi connectivity index (χ0v) is 7.80. The molecule has 0 saturated carbocycles. The Balaban J connectivity index is 2.74. The Morgan fingerprint density at radius 3 is 2.85 bits per heavy atom. The van der Waals surface area contributed by atoms with Crippen LogP contribution in [0.5, 0.6) is 0 Å². The molecule has 0 unspecified atom stereocenters. The van der Waals surface area contributed by atoms with E-state index in [1.54, 1.807) is 0 Å². The summed E-state index contributed by atoms with van der Waals surface area (Å²) in [6.07, 6.45) is 3.02. The zero-order valence-electron chi connectivity index (χ0n) is 7.80.